The summed E-state index contributed by atoms with van der Waals surface area (Å²) in [6, 6.07) is 5.58. The minimum atomic E-state index is -0.401. The molecule has 6 heteroatoms. The van der Waals surface area contributed by atoms with E-state index in [1.165, 1.54) is 6.42 Å². The number of nitrogens with one attached hydrogen (secondary N) is 2. The van der Waals surface area contributed by atoms with Crippen molar-refractivity contribution in [2.45, 2.75) is 37.5 Å². The molecule has 1 aliphatic heterocycles. The molecule has 23 heavy (non-hydrogen) atoms. The van der Waals surface area contributed by atoms with E-state index in [0.717, 1.165) is 50.9 Å². The number of carbonyl (C=O) groups is 1. The van der Waals surface area contributed by atoms with Crippen LogP contribution in [-0.4, -0.2) is 25.5 Å². The SMILES string of the molecule is Cl.O=C(NCCC1CCNC1)C1(c2ccc(Cl)c(Cl)c2)CCC1. The molecule has 2 fully saturated rings. The van der Waals surface area contributed by atoms with Gasteiger partial charge in [-0.25, -0.2) is 0 Å². The van der Waals surface area contributed by atoms with Crippen molar-refractivity contribution in [2.24, 2.45) is 5.92 Å². The Kier molecular flexibility index (Phi) is 6.61. The van der Waals surface area contributed by atoms with Crippen molar-refractivity contribution < 1.29 is 4.79 Å². The fraction of sp³-hybridized carbons (Fsp3) is 0.588. The van der Waals surface area contributed by atoms with E-state index in [0.29, 0.717) is 16.0 Å². The first-order valence-corrected chi connectivity index (χ1v) is 8.82. The lowest BCUT2D eigenvalue weighted by Gasteiger charge is -2.41. The molecule has 1 saturated carbocycles. The molecule has 0 bridgehead atoms. The number of carbonyl (C=O) groups excluding carboxylic acids is 1. The van der Waals surface area contributed by atoms with Crippen molar-refractivity contribution in [3.63, 3.8) is 0 Å². The van der Waals surface area contributed by atoms with Crippen LogP contribution in [0.25, 0.3) is 0 Å². The number of hydrogen-bond donors (Lipinski definition) is 2. The van der Waals surface area contributed by atoms with Gasteiger partial charge in [-0.15, -0.1) is 12.4 Å². The lowest BCUT2D eigenvalue weighted by Crippen LogP contribution is -2.49. The summed E-state index contributed by atoms with van der Waals surface area (Å²) in [4.78, 5) is 12.7. The van der Waals surface area contributed by atoms with Crippen LogP contribution in [0.3, 0.4) is 0 Å². The van der Waals surface area contributed by atoms with Gasteiger partial charge < -0.3 is 10.6 Å². The minimum absolute atomic E-state index is 0. The van der Waals surface area contributed by atoms with Gasteiger partial charge in [-0.05, 0) is 62.4 Å². The van der Waals surface area contributed by atoms with E-state index in [2.05, 4.69) is 10.6 Å². The zero-order valence-corrected chi connectivity index (χ0v) is 15.4. The summed E-state index contributed by atoms with van der Waals surface area (Å²) < 4.78 is 0. The predicted molar refractivity (Wildman–Crippen MR) is 97.8 cm³/mol. The van der Waals surface area contributed by atoms with Crippen LogP contribution in [0.15, 0.2) is 18.2 Å². The smallest absolute Gasteiger partial charge is 0.230 e. The Labute approximate surface area is 153 Å². The fourth-order valence-corrected chi connectivity index (χ4v) is 3.79. The quantitative estimate of drug-likeness (QED) is 0.815. The lowest BCUT2D eigenvalue weighted by atomic mass is 9.64. The third kappa shape index (κ3) is 3.96. The number of halogens is 3. The molecule has 3 nitrogen and oxygen atoms in total. The van der Waals surface area contributed by atoms with Crippen molar-refractivity contribution in [2.75, 3.05) is 19.6 Å². The maximum Gasteiger partial charge on any atom is 0.230 e. The van der Waals surface area contributed by atoms with Gasteiger partial charge in [0.15, 0.2) is 0 Å². The second kappa shape index (κ2) is 8.06. The van der Waals surface area contributed by atoms with E-state index >= 15 is 0 Å². The van der Waals surface area contributed by atoms with Crippen LogP contribution >= 0.6 is 35.6 Å². The fourth-order valence-electron chi connectivity index (χ4n) is 3.49. The molecule has 0 aromatic heterocycles. The Morgan fingerprint density at radius 3 is 2.65 bits per heavy atom. The highest BCUT2D eigenvalue weighted by atomic mass is 35.5. The summed E-state index contributed by atoms with van der Waals surface area (Å²) in [7, 11) is 0. The van der Waals surface area contributed by atoms with Crippen LogP contribution < -0.4 is 10.6 Å². The molecule has 2 N–H and O–H groups in total. The van der Waals surface area contributed by atoms with E-state index in [-0.39, 0.29) is 18.3 Å². The number of amides is 1. The summed E-state index contributed by atoms with van der Waals surface area (Å²) in [5.74, 6) is 0.839. The normalized spacial score (nSPS) is 22.1. The van der Waals surface area contributed by atoms with Crippen molar-refractivity contribution in [3.05, 3.63) is 33.8 Å². The van der Waals surface area contributed by atoms with Crippen molar-refractivity contribution in [3.8, 4) is 0 Å². The predicted octanol–water partition coefficient (Wildman–Crippen LogP) is 3.95. The van der Waals surface area contributed by atoms with Crippen LogP contribution in [-0.2, 0) is 10.2 Å². The molecule has 1 atom stereocenters. The summed E-state index contributed by atoms with van der Waals surface area (Å²) >= 11 is 12.1. The van der Waals surface area contributed by atoms with Crippen LogP contribution in [0.4, 0.5) is 0 Å². The van der Waals surface area contributed by atoms with Gasteiger partial charge in [-0.2, -0.15) is 0 Å². The third-order valence-electron chi connectivity index (χ3n) is 5.11. The molecule has 1 unspecified atom stereocenters. The molecule has 1 aromatic rings. The molecule has 1 aromatic carbocycles. The third-order valence-corrected chi connectivity index (χ3v) is 5.85. The largest absolute Gasteiger partial charge is 0.355 e. The van der Waals surface area contributed by atoms with Crippen LogP contribution in [0.1, 0.15) is 37.7 Å². The lowest BCUT2D eigenvalue weighted by molar-refractivity contribution is -0.129. The van der Waals surface area contributed by atoms with Crippen LogP contribution in [0.5, 0.6) is 0 Å². The molecule has 0 spiro atoms. The van der Waals surface area contributed by atoms with Gasteiger partial charge in [0.05, 0.1) is 15.5 Å². The number of benzene rings is 1. The maximum atomic E-state index is 12.7. The molecule has 128 valence electrons. The van der Waals surface area contributed by atoms with Gasteiger partial charge >= 0.3 is 0 Å². The summed E-state index contributed by atoms with van der Waals surface area (Å²) in [5.41, 5.74) is 0.593. The van der Waals surface area contributed by atoms with Gasteiger partial charge in [0, 0.05) is 6.54 Å². The summed E-state index contributed by atoms with van der Waals surface area (Å²) in [6.45, 7) is 2.94. The van der Waals surface area contributed by atoms with Gasteiger partial charge in [0.1, 0.15) is 0 Å². The van der Waals surface area contributed by atoms with Gasteiger partial charge in [0.25, 0.3) is 0 Å². The van der Waals surface area contributed by atoms with E-state index in [1.807, 2.05) is 12.1 Å². The topological polar surface area (TPSA) is 41.1 Å². The van der Waals surface area contributed by atoms with Gasteiger partial charge in [-0.3, -0.25) is 4.79 Å². The van der Waals surface area contributed by atoms with Crippen molar-refractivity contribution in [1.29, 1.82) is 0 Å². The van der Waals surface area contributed by atoms with Crippen molar-refractivity contribution in [1.82, 2.24) is 10.6 Å². The average molecular weight is 378 g/mol. The zero-order chi connectivity index (χ0) is 15.6. The van der Waals surface area contributed by atoms with Gasteiger partial charge in [0.2, 0.25) is 5.91 Å². The van der Waals surface area contributed by atoms with E-state index in [4.69, 9.17) is 23.2 Å². The molecule has 1 aliphatic carbocycles. The van der Waals surface area contributed by atoms with Crippen LogP contribution in [0.2, 0.25) is 10.0 Å². The van der Waals surface area contributed by atoms with Crippen LogP contribution in [0, 0.1) is 5.92 Å². The first kappa shape index (κ1) is 18.9. The Bertz CT molecular complexity index is 555. The Morgan fingerprint density at radius 1 is 1.30 bits per heavy atom. The van der Waals surface area contributed by atoms with Gasteiger partial charge in [-0.1, -0.05) is 35.7 Å². The molecule has 1 amide bonds. The van der Waals surface area contributed by atoms with E-state index < -0.39 is 5.41 Å². The van der Waals surface area contributed by atoms with Crippen molar-refractivity contribution >= 4 is 41.5 Å². The summed E-state index contributed by atoms with van der Waals surface area (Å²) in [6.07, 6.45) is 5.13. The molecule has 2 aliphatic rings. The highest BCUT2D eigenvalue weighted by Crippen LogP contribution is 2.45. The van der Waals surface area contributed by atoms with E-state index in [1.54, 1.807) is 6.07 Å². The average Bonchev–Trinajstić information content (AvgIpc) is 2.95. The molecule has 1 heterocycles. The molecular formula is C17H23Cl3N2O. The molecule has 3 rings (SSSR count). The maximum absolute atomic E-state index is 12.7. The number of rotatable bonds is 5. The highest BCUT2D eigenvalue weighted by molar-refractivity contribution is 6.42. The van der Waals surface area contributed by atoms with E-state index in [9.17, 15) is 4.79 Å². The Morgan fingerprint density at radius 2 is 2.09 bits per heavy atom. The first-order chi connectivity index (χ1) is 10.6. The standard InChI is InChI=1S/C17H22Cl2N2O.ClH/c18-14-3-2-13(10-15(14)19)17(6-1-7-17)16(22)21-9-5-12-4-8-20-11-12;/h2-3,10,12,20H,1,4-9,11H2,(H,21,22);1H. The molecular weight excluding hydrogens is 355 g/mol. The second-order valence-electron chi connectivity index (χ2n) is 6.47. The minimum Gasteiger partial charge on any atom is -0.355 e. The Hall–Kier alpha value is -0.480. The summed E-state index contributed by atoms with van der Waals surface area (Å²) in [5, 5.41) is 7.56. The number of hydrogen-bond acceptors (Lipinski definition) is 2. The highest BCUT2D eigenvalue weighted by Gasteiger charge is 2.45. The molecule has 0 radical (unpaired) electrons. The monoisotopic (exact) mass is 376 g/mol. The first-order valence-electron chi connectivity index (χ1n) is 8.06. The zero-order valence-electron chi connectivity index (χ0n) is 13.0. The second-order valence-corrected chi connectivity index (χ2v) is 7.28. The Balaban J connectivity index is 0.00000192. The molecule has 1 saturated heterocycles.